The molecule has 0 spiro atoms. The fourth-order valence-corrected chi connectivity index (χ4v) is 2.22. The molecule has 2 N–H and O–H groups in total. The van der Waals surface area contributed by atoms with E-state index < -0.39 is 0 Å². The van der Waals surface area contributed by atoms with E-state index in [0.717, 1.165) is 17.5 Å². The van der Waals surface area contributed by atoms with Crippen LogP contribution in [-0.4, -0.2) is 18.3 Å². The molecule has 1 fully saturated rings. The third kappa shape index (κ3) is 3.71. The summed E-state index contributed by atoms with van der Waals surface area (Å²) in [5, 5.41) is 13.7. The van der Waals surface area contributed by atoms with Crippen LogP contribution in [0.5, 0.6) is 0 Å². The van der Waals surface area contributed by atoms with Gasteiger partial charge in [0.1, 0.15) is 0 Å². The second-order valence-electron chi connectivity index (χ2n) is 6.07. The molecular formula is C15H22ClNO. The zero-order valence-corrected chi connectivity index (χ0v) is 11.9. The van der Waals surface area contributed by atoms with Crippen LogP contribution >= 0.6 is 11.6 Å². The molecule has 100 valence electrons. The van der Waals surface area contributed by atoms with Gasteiger partial charge in [-0.05, 0) is 36.5 Å². The molecule has 0 aliphatic heterocycles. The molecule has 0 saturated heterocycles. The summed E-state index contributed by atoms with van der Waals surface area (Å²) < 4.78 is 0. The van der Waals surface area contributed by atoms with E-state index in [9.17, 15) is 5.11 Å². The van der Waals surface area contributed by atoms with Crippen molar-refractivity contribution in [2.45, 2.75) is 32.7 Å². The van der Waals surface area contributed by atoms with Gasteiger partial charge in [0.05, 0.1) is 0 Å². The lowest BCUT2D eigenvalue weighted by Gasteiger charge is -2.27. The fourth-order valence-electron chi connectivity index (χ4n) is 2.10. The van der Waals surface area contributed by atoms with Crippen LogP contribution in [0, 0.1) is 11.3 Å². The van der Waals surface area contributed by atoms with Crippen molar-refractivity contribution in [3.05, 3.63) is 34.9 Å². The van der Waals surface area contributed by atoms with Gasteiger partial charge < -0.3 is 10.4 Å². The molecule has 0 aromatic heterocycles. The summed E-state index contributed by atoms with van der Waals surface area (Å²) in [6.45, 7) is 5.18. The van der Waals surface area contributed by atoms with Crippen LogP contribution in [0.2, 0.25) is 5.02 Å². The molecule has 0 amide bonds. The predicted octanol–water partition coefficient (Wildman–Crippen LogP) is 3.40. The lowest BCUT2D eigenvalue weighted by Crippen LogP contribution is -2.35. The summed E-state index contributed by atoms with van der Waals surface area (Å²) in [5.74, 6) is 0.737. The van der Waals surface area contributed by atoms with Gasteiger partial charge in [0.15, 0.2) is 0 Å². The SMILES string of the molecule is CC(C)(CO)CNC(c1ccc(Cl)cc1)C1CC1. The molecule has 1 aromatic rings. The zero-order valence-electron chi connectivity index (χ0n) is 11.1. The molecule has 0 heterocycles. The summed E-state index contributed by atoms with van der Waals surface area (Å²) in [5.41, 5.74) is 1.23. The first-order chi connectivity index (χ1) is 8.52. The van der Waals surface area contributed by atoms with Crippen molar-refractivity contribution in [3.8, 4) is 0 Å². The Balaban J connectivity index is 2.02. The average Bonchev–Trinajstić information content (AvgIpc) is 3.16. The van der Waals surface area contributed by atoms with Crippen molar-refractivity contribution >= 4 is 11.6 Å². The van der Waals surface area contributed by atoms with Gasteiger partial charge in [-0.15, -0.1) is 0 Å². The van der Waals surface area contributed by atoms with Crippen LogP contribution in [0.3, 0.4) is 0 Å². The Morgan fingerprint density at radius 2 is 1.94 bits per heavy atom. The maximum absolute atomic E-state index is 9.31. The monoisotopic (exact) mass is 267 g/mol. The van der Waals surface area contributed by atoms with Gasteiger partial charge in [-0.25, -0.2) is 0 Å². The van der Waals surface area contributed by atoms with Crippen molar-refractivity contribution in [2.75, 3.05) is 13.2 Å². The predicted molar refractivity (Wildman–Crippen MR) is 75.8 cm³/mol. The van der Waals surface area contributed by atoms with Gasteiger partial charge in [0.2, 0.25) is 0 Å². The van der Waals surface area contributed by atoms with Crippen LogP contribution < -0.4 is 5.32 Å². The molecule has 1 saturated carbocycles. The van der Waals surface area contributed by atoms with E-state index in [1.807, 2.05) is 12.1 Å². The van der Waals surface area contributed by atoms with Crippen LogP contribution in [-0.2, 0) is 0 Å². The molecule has 1 aliphatic carbocycles. The van der Waals surface area contributed by atoms with Crippen molar-refractivity contribution in [2.24, 2.45) is 11.3 Å². The lowest BCUT2D eigenvalue weighted by molar-refractivity contribution is 0.151. The molecule has 3 heteroatoms. The van der Waals surface area contributed by atoms with Crippen LogP contribution in [0.1, 0.15) is 38.3 Å². The smallest absolute Gasteiger partial charge is 0.0494 e. The van der Waals surface area contributed by atoms with E-state index >= 15 is 0 Å². The zero-order chi connectivity index (χ0) is 13.2. The fraction of sp³-hybridized carbons (Fsp3) is 0.600. The summed E-state index contributed by atoms with van der Waals surface area (Å²) in [6.07, 6.45) is 2.58. The molecule has 1 aliphatic rings. The van der Waals surface area contributed by atoms with Crippen molar-refractivity contribution in [1.82, 2.24) is 5.32 Å². The van der Waals surface area contributed by atoms with E-state index in [2.05, 4.69) is 31.3 Å². The molecule has 1 unspecified atom stereocenters. The van der Waals surface area contributed by atoms with E-state index in [0.29, 0.717) is 6.04 Å². The number of hydrogen-bond acceptors (Lipinski definition) is 2. The molecule has 18 heavy (non-hydrogen) atoms. The quantitative estimate of drug-likeness (QED) is 0.828. The summed E-state index contributed by atoms with van der Waals surface area (Å²) >= 11 is 5.93. The second kappa shape index (κ2) is 5.60. The Labute approximate surface area is 114 Å². The first kappa shape index (κ1) is 13.9. The highest BCUT2D eigenvalue weighted by Gasteiger charge is 2.33. The summed E-state index contributed by atoms with van der Waals surface area (Å²) in [6, 6.07) is 8.50. The Morgan fingerprint density at radius 1 is 1.33 bits per heavy atom. The molecule has 2 nitrogen and oxygen atoms in total. The Kier molecular flexibility index (Phi) is 4.31. The third-order valence-electron chi connectivity index (χ3n) is 3.55. The Bertz CT molecular complexity index is 384. The highest BCUT2D eigenvalue weighted by Crippen LogP contribution is 2.41. The topological polar surface area (TPSA) is 32.3 Å². The molecule has 0 bridgehead atoms. The second-order valence-corrected chi connectivity index (χ2v) is 6.51. The van der Waals surface area contributed by atoms with E-state index in [1.165, 1.54) is 18.4 Å². The minimum atomic E-state index is -0.0699. The highest BCUT2D eigenvalue weighted by atomic mass is 35.5. The number of hydrogen-bond donors (Lipinski definition) is 2. The maximum Gasteiger partial charge on any atom is 0.0494 e. The first-order valence-corrected chi connectivity index (χ1v) is 6.99. The van der Waals surface area contributed by atoms with Crippen LogP contribution in [0.15, 0.2) is 24.3 Å². The molecule has 1 atom stereocenters. The van der Waals surface area contributed by atoms with Gasteiger partial charge in [-0.2, -0.15) is 0 Å². The largest absolute Gasteiger partial charge is 0.396 e. The first-order valence-electron chi connectivity index (χ1n) is 6.61. The Hall–Kier alpha value is -0.570. The number of nitrogens with one attached hydrogen (secondary N) is 1. The summed E-state index contributed by atoms with van der Waals surface area (Å²) in [7, 11) is 0. The number of halogens is 1. The minimum absolute atomic E-state index is 0.0699. The Morgan fingerprint density at radius 3 is 2.44 bits per heavy atom. The maximum atomic E-state index is 9.31. The molecular weight excluding hydrogens is 246 g/mol. The number of aliphatic hydroxyl groups excluding tert-OH is 1. The van der Waals surface area contributed by atoms with Gasteiger partial charge in [-0.3, -0.25) is 0 Å². The number of benzene rings is 1. The molecule has 0 radical (unpaired) electrons. The van der Waals surface area contributed by atoms with Crippen LogP contribution in [0.25, 0.3) is 0 Å². The molecule has 1 aromatic carbocycles. The summed E-state index contributed by atoms with van der Waals surface area (Å²) in [4.78, 5) is 0. The highest BCUT2D eigenvalue weighted by molar-refractivity contribution is 6.30. The number of rotatable bonds is 6. The standard InChI is InChI=1S/C15H22ClNO/c1-15(2,10-18)9-17-14(11-3-4-11)12-5-7-13(16)8-6-12/h5-8,11,14,17-18H,3-4,9-10H2,1-2H3. The van der Waals surface area contributed by atoms with Gasteiger partial charge in [-0.1, -0.05) is 37.6 Å². The normalized spacial score (nSPS) is 17.8. The van der Waals surface area contributed by atoms with E-state index in [1.54, 1.807) is 0 Å². The van der Waals surface area contributed by atoms with E-state index in [-0.39, 0.29) is 12.0 Å². The van der Waals surface area contributed by atoms with Gasteiger partial charge >= 0.3 is 0 Å². The van der Waals surface area contributed by atoms with Crippen molar-refractivity contribution in [1.29, 1.82) is 0 Å². The minimum Gasteiger partial charge on any atom is -0.396 e. The molecule has 2 rings (SSSR count). The third-order valence-corrected chi connectivity index (χ3v) is 3.80. The van der Waals surface area contributed by atoms with E-state index in [4.69, 9.17) is 11.6 Å². The van der Waals surface area contributed by atoms with Crippen molar-refractivity contribution in [3.63, 3.8) is 0 Å². The lowest BCUT2D eigenvalue weighted by atomic mass is 9.93. The average molecular weight is 268 g/mol. The van der Waals surface area contributed by atoms with Crippen LogP contribution in [0.4, 0.5) is 0 Å². The number of aliphatic hydroxyl groups is 1. The van der Waals surface area contributed by atoms with Crippen molar-refractivity contribution < 1.29 is 5.11 Å². The van der Waals surface area contributed by atoms with Gasteiger partial charge in [0, 0.05) is 29.6 Å². The van der Waals surface area contributed by atoms with Gasteiger partial charge in [0.25, 0.3) is 0 Å².